The summed E-state index contributed by atoms with van der Waals surface area (Å²) in [6.07, 6.45) is 1.75. The van der Waals surface area contributed by atoms with Gasteiger partial charge < -0.3 is 10.1 Å². The Balaban J connectivity index is 1.91. The lowest BCUT2D eigenvalue weighted by Crippen LogP contribution is -2.43. The molecule has 1 N–H and O–H groups in total. The Hall–Kier alpha value is -2.54. The first-order valence-corrected chi connectivity index (χ1v) is 8.25. The molecule has 1 aromatic carbocycles. The molecule has 0 saturated carbocycles. The smallest absolute Gasteiger partial charge is 0.276 e. The lowest BCUT2D eigenvalue weighted by Gasteiger charge is -2.20. The molecule has 0 aliphatic carbocycles. The molecule has 7 heteroatoms. The summed E-state index contributed by atoms with van der Waals surface area (Å²) in [6.45, 7) is 4.14. The van der Waals surface area contributed by atoms with Gasteiger partial charge in [0.15, 0.2) is 5.69 Å². The van der Waals surface area contributed by atoms with Crippen molar-refractivity contribution in [3.63, 3.8) is 0 Å². The minimum atomic E-state index is -0.585. The lowest BCUT2D eigenvalue weighted by atomic mass is 10.1. The van der Waals surface area contributed by atoms with E-state index in [0.717, 1.165) is 12.8 Å². The number of ether oxygens (including phenoxy) is 1. The van der Waals surface area contributed by atoms with Crippen LogP contribution in [0.3, 0.4) is 0 Å². The normalized spacial score (nSPS) is 18.1. The molecule has 1 aliphatic heterocycles. The first-order valence-electron chi connectivity index (χ1n) is 8.25. The largest absolute Gasteiger partial charge is 0.376 e. The zero-order chi connectivity index (χ0) is 18.0. The third-order valence-electron chi connectivity index (χ3n) is 4.28. The molecule has 25 heavy (non-hydrogen) atoms. The third-order valence-corrected chi connectivity index (χ3v) is 4.28. The number of aromatic nitrogens is 2. The summed E-state index contributed by atoms with van der Waals surface area (Å²) in [5.74, 6) is -1.07. The van der Waals surface area contributed by atoms with E-state index in [-0.39, 0.29) is 23.5 Å². The van der Waals surface area contributed by atoms with Gasteiger partial charge in [-0.2, -0.15) is 5.10 Å². The Morgan fingerprint density at radius 2 is 2.20 bits per heavy atom. The van der Waals surface area contributed by atoms with E-state index in [1.54, 1.807) is 19.1 Å². The van der Waals surface area contributed by atoms with Crippen LogP contribution in [0.1, 0.15) is 35.9 Å². The fraction of sp³-hybridized carbons (Fsp3) is 0.389. The van der Waals surface area contributed by atoms with Crippen molar-refractivity contribution < 1.29 is 13.9 Å². The van der Waals surface area contributed by atoms with Crippen LogP contribution in [0.5, 0.6) is 0 Å². The maximum atomic E-state index is 14.0. The number of aryl methyl sites for hydroxylation is 1. The van der Waals surface area contributed by atoms with Gasteiger partial charge in [0.25, 0.3) is 5.91 Å². The number of nitrogens with zero attached hydrogens (tertiary/aromatic N) is 2. The summed E-state index contributed by atoms with van der Waals surface area (Å²) >= 11 is 0. The van der Waals surface area contributed by atoms with Gasteiger partial charge >= 0.3 is 0 Å². The zero-order valence-corrected chi connectivity index (χ0v) is 14.2. The standard InChI is InChI=1S/C18H20FN3O3/c1-11-10-15(23)17(18(24)20-12(2)16-8-5-9-25-16)21-22(11)14-7-4-3-6-13(14)19/h3-4,6-7,10,12,16H,5,8-9H2,1-2H3,(H,20,24)/t12-,16+/m0/s1. The number of amides is 1. The van der Waals surface area contributed by atoms with Crippen molar-refractivity contribution in [2.75, 3.05) is 6.61 Å². The summed E-state index contributed by atoms with van der Waals surface area (Å²) in [4.78, 5) is 24.7. The van der Waals surface area contributed by atoms with Crippen LogP contribution in [0.2, 0.25) is 0 Å². The van der Waals surface area contributed by atoms with E-state index in [0.29, 0.717) is 12.3 Å². The number of nitrogens with one attached hydrogen (secondary N) is 1. The summed E-state index contributed by atoms with van der Waals surface area (Å²) in [7, 11) is 0. The Morgan fingerprint density at radius 1 is 1.44 bits per heavy atom. The van der Waals surface area contributed by atoms with Crippen molar-refractivity contribution in [3.05, 3.63) is 57.8 Å². The Bertz CT molecular complexity index is 844. The van der Waals surface area contributed by atoms with Gasteiger partial charge in [0, 0.05) is 18.4 Å². The summed E-state index contributed by atoms with van der Waals surface area (Å²) in [6, 6.07) is 7.11. The number of carbonyl (C=O) groups is 1. The molecule has 3 rings (SSSR count). The quantitative estimate of drug-likeness (QED) is 0.920. The highest BCUT2D eigenvalue weighted by atomic mass is 19.1. The Morgan fingerprint density at radius 3 is 2.88 bits per heavy atom. The molecule has 6 nitrogen and oxygen atoms in total. The molecule has 0 bridgehead atoms. The summed E-state index contributed by atoms with van der Waals surface area (Å²) in [5.41, 5.74) is -0.138. The third kappa shape index (κ3) is 3.61. The molecular weight excluding hydrogens is 325 g/mol. The van der Waals surface area contributed by atoms with Crippen LogP contribution >= 0.6 is 0 Å². The van der Waals surface area contributed by atoms with Gasteiger partial charge in [-0.05, 0) is 38.8 Å². The SMILES string of the molecule is Cc1cc(=O)c(C(=O)N[C@@H](C)[C@H]2CCCO2)nn1-c1ccccc1F. The number of carbonyl (C=O) groups excluding carboxylic acids is 1. The van der Waals surface area contributed by atoms with Crippen molar-refractivity contribution in [1.29, 1.82) is 0 Å². The van der Waals surface area contributed by atoms with Crippen molar-refractivity contribution in [1.82, 2.24) is 15.1 Å². The molecule has 1 aliphatic rings. The molecule has 0 spiro atoms. The van der Waals surface area contributed by atoms with Crippen molar-refractivity contribution in [2.45, 2.75) is 38.8 Å². The molecule has 1 saturated heterocycles. The van der Waals surface area contributed by atoms with Crippen molar-refractivity contribution >= 4 is 5.91 Å². The second-order valence-electron chi connectivity index (χ2n) is 6.18. The molecule has 2 aromatic rings. The van der Waals surface area contributed by atoms with Gasteiger partial charge in [0.05, 0.1) is 12.1 Å². The van der Waals surface area contributed by atoms with Gasteiger partial charge in [-0.25, -0.2) is 9.07 Å². The zero-order valence-electron chi connectivity index (χ0n) is 14.2. The van der Waals surface area contributed by atoms with Gasteiger partial charge in [0.1, 0.15) is 11.5 Å². The predicted octanol–water partition coefficient (Wildman–Crippen LogP) is 1.98. The average molecular weight is 345 g/mol. The molecule has 2 atom stereocenters. The van der Waals surface area contributed by atoms with Crippen LogP contribution in [0.4, 0.5) is 4.39 Å². The highest BCUT2D eigenvalue weighted by Crippen LogP contribution is 2.16. The van der Waals surface area contributed by atoms with Gasteiger partial charge in [0.2, 0.25) is 5.43 Å². The number of hydrogen-bond acceptors (Lipinski definition) is 4. The van der Waals surface area contributed by atoms with Gasteiger partial charge in [-0.15, -0.1) is 0 Å². The molecule has 1 fully saturated rings. The first-order chi connectivity index (χ1) is 12.0. The predicted molar refractivity (Wildman–Crippen MR) is 90.4 cm³/mol. The van der Waals surface area contributed by atoms with E-state index >= 15 is 0 Å². The van der Waals surface area contributed by atoms with E-state index in [4.69, 9.17) is 4.74 Å². The maximum Gasteiger partial charge on any atom is 0.276 e. The van der Waals surface area contributed by atoms with Crippen LogP contribution in [-0.2, 0) is 4.74 Å². The minimum absolute atomic E-state index is 0.0665. The molecule has 2 heterocycles. The van der Waals surface area contributed by atoms with E-state index in [2.05, 4.69) is 10.4 Å². The molecule has 0 radical (unpaired) electrons. The Kier molecular flexibility index (Phi) is 4.94. The van der Waals surface area contributed by atoms with Crippen LogP contribution in [0, 0.1) is 12.7 Å². The van der Waals surface area contributed by atoms with E-state index < -0.39 is 17.2 Å². The molecule has 0 unspecified atom stereocenters. The van der Waals surface area contributed by atoms with E-state index in [1.807, 2.05) is 6.92 Å². The van der Waals surface area contributed by atoms with Crippen LogP contribution in [0.25, 0.3) is 5.69 Å². The molecule has 1 aromatic heterocycles. The summed E-state index contributed by atoms with van der Waals surface area (Å²) in [5, 5.41) is 6.85. The first kappa shape index (κ1) is 17.3. The number of halogens is 1. The van der Waals surface area contributed by atoms with Gasteiger partial charge in [-0.1, -0.05) is 12.1 Å². The number of rotatable bonds is 4. The lowest BCUT2D eigenvalue weighted by molar-refractivity contribution is 0.0708. The molecular formula is C18H20FN3O3. The highest BCUT2D eigenvalue weighted by Gasteiger charge is 2.25. The molecule has 132 valence electrons. The fourth-order valence-electron chi connectivity index (χ4n) is 2.94. The monoisotopic (exact) mass is 345 g/mol. The number of benzene rings is 1. The van der Waals surface area contributed by atoms with E-state index in [9.17, 15) is 14.0 Å². The van der Waals surface area contributed by atoms with Crippen molar-refractivity contribution in [3.8, 4) is 5.69 Å². The maximum absolute atomic E-state index is 14.0. The second-order valence-corrected chi connectivity index (χ2v) is 6.18. The summed E-state index contributed by atoms with van der Waals surface area (Å²) < 4.78 is 20.9. The highest BCUT2D eigenvalue weighted by molar-refractivity contribution is 5.92. The van der Waals surface area contributed by atoms with Crippen LogP contribution < -0.4 is 10.7 Å². The fourth-order valence-corrected chi connectivity index (χ4v) is 2.94. The van der Waals surface area contributed by atoms with Crippen molar-refractivity contribution in [2.24, 2.45) is 0 Å². The minimum Gasteiger partial charge on any atom is -0.376 e. The van der Waals surface area contributed by atoms with Gasteiger partial charge in [-0.3, -0.25) is 9.59 Å². The number of para-hydroxylation sites is 1. The van der Waals surface area contributed by atoms with Crippen LogP contribution in [-0.4, -0.2) is 34.4 Å². The topological polar surface area (TPSA) is 73.2 Å². The number of hydrogen-bond donors (Lipinski definition) is 1. The van der Waals surface area contributed by atoms with Crippen LogP contribution in [0.15, 0.2) is 35.1 Å². The van der Waals surface area contributed by atoms with E-state index in [1.165, 1.54) is 22.9 Å². The Labute approximate surface area is 144 Å². The average Bonchev–Trinajstić information content (AvgIpc) is 3.10. The molecule has 1 amide bonds. The second kappa shape index (κ2) is 7.14.